The molecule has 2 aliphatic carbocycles. The van der Waals surface area contributed by atoms with Crippen LogP contribution >= 0.6 is 0 Å². The molecule has 0 radical (unpaired) electrons. The SMILES string of the molecule is C=C1C=CC(C(=O)C2CC2)=CCc2cc(C(=O)C3CC3)ccc2N1CCN(CC)CC. The van der Waals surface area contributed by atoms with Crippen molar-refractivity contribution < 1.29 is 9.59 Å². The van der Waals surface area contributed by atoms with Crippen molar-refractivity contribution in [3.05, 3.63) is 65.4 Å². The molecule has 164 valence electrons. The molecule has 4 nitrogen and oxygen atoms in total. The van der Waals surface area contributed by atoms with Crippen molar-refractivity contribution in [1.29, 1.82) is 0 Å². The summed E-state index contributed by atoms with van der Waals surface area (Å²) in [6, 6.07) is 6.10. The molecule has 0 unspecified atom stereocenters. The first-order valence-corrected chi connectivity index (χ1v) is 11.8. The van der Waals surface area contributed by atoms with Crippen molar-refractivity contribution in [2.45, 2.75) is 46.0 Å². The Morgan fingerprint density at radius 3 is 2.35 bits per heavy atom. The fourth-order valence-corrected chi connectivity index (χ4v) is 4.27. The van der Waals surface area contributed by atoms with Crippen LogP contribution < -0.4 is 4.90 Å². The molecule has 2 fully saturated rings. The van der Waals surface area contributed by atoms with Crippen molar-refractivity contribution in [2.75, 3.05) is 31.1 Å². The molecule has 3 aliphatic rings. The predicted molar refractivity (Wildman–Crippen MR) is 126 cm³/mol. The maximum absolute atomic E-state index is 12.8. The lowest BCUT2D eigenvalue weighted by Crippen LogP contribution is -2.34. The standard InChI is InChI=1S/C27H34N2O2/c1-4-28(5-2)16-17-29-19(3)6-7-20(26(30)21-8-9-21)12-13-23-18-24(14-15-25(23)29)27(31)22-10-11-22/h6-7,12,14-15,18,21-22H,3-5,8-11,13,16-17H2,1-2H3. The van der Waals surface area contributed by atoms with Crippen molar-refractivity contribution in [2.24, 2.45) is 11.8 Å². The minimum absolute atomic E-state index is 0.186. The van der Waals surface area contributed by atoms with E-state index in [0.29, 0.717) is 6.42 Å². The number of carbonyl (C=O) groups excluding carboxylic acids is 2. The molecule has 31 heavy (non-hydrogen) atoms. The first-order valence-electron chi connectivity index (χ1n) is 11.8. The normalized spacial score (nSPS) is 18.9. The zero-order valence-corrected chi connectivity index (χ0v) is 18.9. The minimum atomic E-state index is 0.186. The van der Waals surface area contributed by atoms with Gasteiger partial charge in [0.15, 0.2) is 11.6 Å². The fourth-order valence-electron chi connectivity index (χ4n) is 4.27. The third-order valence-electron chi connectivity index (χ3n) is 6.71. The van der Waals surface area contributed by atoms with Crippen LogP contribution in [0, 0.1) is 11.8 Å². The fraction of sp³-hybridized carbons (Fsp3) is 0.481. The first kappa shape index (κ1) is 21.8. The molecule has 2 saturated carbocycles. The van der Waals surface area contributed by atoms with Gasteiger partial charge in [0.05, 0.1) is 0 Å². The highest BCUT2D eigenvalue weighted by molar-refractivity contribution is 6.01. The molecule has 0 atom stereocenters. The molecule has 4 heteroatoms. The summed E-state index contributed by atoms with van der Waals surface area (Å²) < 4.78 is 0. The van der Waals surface area contributed by atoms with Crippen molar-refractivity contribution in [1.82, 2.24) is 4.90 Å². The Bertz CT molecular complexity index is 931. The molecule has 1 aromatic rings. The summed E-state index contributed by atoms with van der Waals surface area (Å²) in [4.78, 5) is 30.1. The summed E-state index contributed by atoms with van der Waals surface area (Å²) in [6.07, 6.45) is 10.6. The molecule has 0 spiro atoms. The van der Waals surface area contributed by atoms with Gasteiger partial charge < -0.3 is 9.80 Å². The third-order valence-corrected chi connectivity index (χ3v) is 6.71. The molecule has 0 aromatic heterocycles. The Hall–Kier alpha value is -2.46. The van der Waals surface area contributed by atoms with Gasteiger partial charge >= 0.3 is 0 Å². The second-order valence-electron chi connectivity index (χ2n) is 8.99. The van der Waals surface area contributed by atoms with Crippen LogP contribution in [-0.4, -0.2) is 42.6 Å². The maximum Gasteiger partial charge on any atom is 0.165 e. The minimum Gasteiger partial charge on any atom is -0.340 e. The number of anilines is 1. The van der Waals surface area contributed by atoms with Gasteiger partial charge in [-0.05, 0) is 81.1 Å². The van der Waals surface area contributed by atoms with Gasteiger partial charge in [-0.2, -0.15) is 0 Å². The van der Waals surface area contributed by atoms with Crippen LogP contribution in [0.1, 0.15) is 55.5 Å². The number of benzene rings is 1. The van der Waals surface area contributed by atoms with E-state index in [1.165, 1.54) is 0 Å². The van der Waals surface area contributed by atoms with Gasteiger partial charge in [0.2, 0.25) is 0 Å². The van der Waals surface area contributed by atoms with E-state index in [4.69, 9.17) is 0 Å². The van der Waals surface area contributed by atoms with Gasteiger partial charge in [-0.1, -0.05) is 26.5 Å². The van der Waals surface area contributed by atoms with E-state index in [2.05, 4.69) is 42.4 Å². The van der Waals surface area contributed by atoms with E-state index >= 15 is 0 Å². The molecule has 0 saturated heterocycles. The van der Waals surface area contributed by atoms with Gasteiger partial charge in [0, 0.05) is 47.4 Å². The van der Waals surface area contributed by atoms with Gasteiger partial charge in [-0.15, -0.1) is 0 Å². The highest BCUT2D eigenvalue weighted by Gasteiger charge is 2.32. The van der Waals surface area contributed by atoms with Gasteiger partial charge in [0.25, 0.3) is 0 Å². The summed E-state index contributed by atoms with van der Waals surface area (Å²) in [5.41, 5.74) is 4.64. The average molecular weight is 419 g/mol. The largest absolute Gasteiger partial charge is 0.340 e. The number of ketones is 2. The van der Waals surface area contributed by atoms with Crippen LogP contribution in [0.2, 0.25) is 0 Å². The van der Waals surface area contributed by atoms with E-state index in [0.717, 1.165) is 79.9 Å². The third kappa shape index (κ3) is 5.07. The molecular formula is C27H34N2O2. The Morgan fingerprint density at radius 1 is 1.03 bits per heavy atom. The van der Waals surface area contributed by atoms with E-state index in [1.54, 1.807) is 0 Å². The molecule has 1 aromatic carbocycles. The Balaban J connectivity index is 1.68. The number of allylic oxidation sites excluding steroid dienone is 4. The molecule has 1 aliphatic heterocycles. The van der Waals surface area contributed by atoms with Crippen LogP contribution in [0.5, 0.6) is 0 Å². The lowest BCUT2D eigenvalue weighted by molar-refractivity contribution is -0.116. The number of carbonyl (C=O) groups is 2. The Morgan fingerprint density at radius 2 is 1.71 bits per heavy atom. The number of fused-ring (bicyclic) bond motifs is 1. The van der Waals surface area contributed by atoms with Crippen LogP contribution in [0.15, 0.2) is 54.3 Å². The van der Waals surface area contributed by atoms with Crippen LogP contribution in [0.25, 0.3) is 0 Å². The van der Waals surface area contributed by atoms with E-state index in [1.807, 2.05) is 24.3 Å². The monoisotopic (exact) mass is 418 g/mol. The number of hydrogen-bond donors (Lipinski definition) is 0. The second-order valence-corrected chi connectivity index (χ2v) is 8.99. The van der Waals surface area contributed by atoms with Crippen molar-refractivity contribution in [3.8, 4) is 0 Å². The topological polar surface area (TPSA) is 40.6 Å². The molecule has 0 N–H and O–H groups in total. The van der Waals surface area contributed by atoms with E-state index in [-0.39, 0.29) is 23.4 Å². The zero-order chi connectivity index (χ0) is 22.0. The first-order chi connectivity index (χ1) is 15.0. The van der Waals surface area contributed by atoms with Gasteiger partial charge in [-0.25, -0.2) is 0 Å². The lowest BCUT2D eigenvalue weighted by atomic mass is 9.98. The number of nitrogens with zero attached hydrogens (tertiary/aromatic N) is 2. The van der Waals surface area contributed by atoms with Crippen LogP contribution in [-0.2, 0) is 11.2 Å². The van der Waals surface area contributed by atoms with Crippen LogP contribution in [0.4, 0.5) is 5.69 Å². The Labute approximate surface area is 186 Å². The molecule has 0 bridgehead atoms. The predicted octanol–water partition coefficient (Wildman–Crippen LogP) is 4.96. The smallest absolute Gasteiger partial charge is 0.165 e. The summed E-state index contributed by atoms with van der Waals surface area (Å²) in [5, 5.41) is 0. The van der Waals surface area contributed by atoms with Crippen molar-refractivity contribution >= 4 is 17.3 Å². The highest BCUT2D eigenvalue weighted by atomic mass is 16.1. The second kappa shape index (κ2) is 9.35. The molecule has 0 amide bonds. The average Bonchev–Trinajstić information content (AvgIpc) is 3.68. The number of rotatable bonds is 9. The summed E-state index contributed by atoms with van der Waals surface area (Å²) >= 11 is 0. The summed E-state index contributed by atoms with van der Waals surface area (Å²) in [6.45, 7) is 12.5. The Kier molecular flexibility index (Phi) is 6.57. The molecule has 4 rings (SSSR count). The van der Waals surface area contributed by atoms with Crippen LogP contribution in [0.3, 0.4) is 0 Å². The summed E-state index contributed by atoms with van der Waals surface area (Å²) in [5.74, 6) is 0.887. The van der Waals surface area contributed by atoms with Gasteiger partial charge in [-0.3, -0.25) is 9.59 Å². The lowest BCUT2D eigenvalue weighted by Gasteiger charge is -2.30. The molecular weight excluding hydrogens is 384 g/mol. The summed E-state index contributed by atoms with van der Waals surface area (Å²) in [7, 11) is 0. The quantitative estimate of drug-likeness (QED) is 0.532. The number of Topliss-reactive ketones (excluding diaryl/α,β-unsaturated/α-hetero) is 2. The highest BCUT2D eigenvalue weighted by Crippen LogP contribution is 2.36. The van der Waals surface area contributed by atoms with E-state index in [9.17, 15) is 9.59 Å². The van der Waals surface area contributed by atoms with Gasteiger partial charge in [0.1, 0.15) is 0 Å². The zero-order valence-electron chi connectivity index (χ0n) is 18.9. The number of likely N-dealkylation sites (N-methyl/N-ethyl adjacent to an activating group) is 1. The maximum atomic E-state index is 12.8. The molecule has 1 heterocycles. The number of hydrogen-bond acceptors (Lipinski definition) is 4. The van der Waals surface area contributed by atoms with Crippen molar-refractivity contribution in [3.63, 3.8) is 0 Å². The van der Waals surface area contributed by atoms with E-state index < -0.39 is 0 Å².